The topological polar surface area (TPSA) is 58.6 Å². The lowest BCUT2D eigenvalue weighted by atomic mass is 10.1. The van der Waals surface area contributed by atoms with Gasteiger partial charge in [0.15, 0.2) is 0 Å². The monoisotopic (exact) mass is 506 g/mol. The van der Waals surface area contributed by atoms with Crippen molar-refractivity contribution in [1.29, 1.82) is 0 Å². The highest BCUT2D eigenvalue weighted by Crippen LogP contribution is 2.38. The van der Waals surface area contributed by atoms with Crippen LogP contribution in [0.1, 0.15) is 41.6 Å². The van der Waals surface area contributed by atoms with E-state index in [1.54, 1.807) is 17.0 Å². The number of benzene rings is 3. The Labute approximate surface area is 202 Å². The van der Waals surface area contributed by atoms with Crippen LogP contribution in [0.2, 0.25) is 0 Å². The maximum atomic E-state index is 13.5. The molecule has 6 heteroatoms. The average molecular weight is 507 g/mol. The molecule has 0 radical (unpaired) electrons. The molecule has 33 heavy (non-hydrogen) atoms. The van der Waals surface area contributed by atoms with Crippen molar-refractivity contribution in [2.45, 2.75) is 32.1 Å². The Hall–Kier alpha value is -3.12. The van der Waals surface area contributed by atoms with E-state index in [1.807, 2.05) is 60.7 Å². The standard InChI is InChI=1S/C27H27BrN2O3/c28-17-7-1-2-8-18-33-21-15-13-20(14-16-21)19-26(31)30-24-11-5-3-9-22(24)27(32)29-23-10-4-6-12-25(23)30/h3-6,9-16H,1-2,7-8,17-19H2,(H,29,32). The lowest BCUT2D eigenvalue weighted by Gasteiger charge is -2.24. The number of alkyl halides is 1. The lowest BCUT2D eigenvalue weighted by molar-refractivity contribution is -0.117. The summed E-state index contributed by atoms with van der Waals surface area (Å²) in [5.74, 6) is 0.487. The molecule has 0 unspecified atom stereocenters. The molecule has 0 spiro atoms. The number of hydrogen-bond donors (Lipinski definition) is 1. The van der Waals surface area contributed by atoms with Crippen molar-refractivity contribution in [3.63, 3.8) is 0 Å². The molecule has 5 nitrogen and oxygen atoms in total. The summed E-state index contributed by atoms with van der Waals surface area (Å²) in [6, 6.07) is 22.2. The Balaban J connectivity index is 1.47. The molecule has 0 aliphatic carbocycles. The number of carbonyl (C=O) groups excluding carboxylic acids is 2. The number of fused-ring (bicyclic) bond motifs is 2. The molecule has 2 amide bonds. The summed E-state index contributed by atoms with van der Waals surface area (Å²) >= 11 is 3.45. The van der Waals surface area contributed by atoms with Gasteiger partial charge in [-0.1, -0.05) is 65.2 Å². The summed E-state index contributed by atoms with van der Waals surface area (Å²) in [6.45, 7) is 0.697. The van der Waals surface area contributed by atoms with Gasteiger partial charge >= 0.3 is 0 Å². The summed E-state index contributed by atoms with van der Waals surface area (Å²) < 4.78 is 5.83. The van der Waals surface area contributed by atoms with Crippen molar-refractivity contribution in [1.82, 2.24) is 0 Å². The molecule has 4 rings (SSSR count). The molecule has 1 aliphatic rings. The second kappa shape index (κ2) is 11.1. The first-order chi connectivity index (χ1) is 16.2. The SMILES string of the molecule is O=C1Nc2ccccc2N(C(=O)Cc2ccc(OCCCCCCBr)cc2)c2ccccc21. The Morgan fingerprint density at radius 3 is 2.33 bits per heavy atom. The average Bonchev–Trinajstić information content (AvgIpc) is 2.96. The van der Waals surface area contributed by atoms with E-state index in [9.17, 15) is 9.59 Å². The van der Waals surface area contributed by atoms with Gasteiger partial charge in [-0.15, -0.1) is 0 Å². The van der Waals surface area contributed by atoms with Gasteiger partial charge in [-0.25, -0.2) is 0 Å². The molecule has 0 atom stereocenters. The van der Waals surface area contributed by atoms with Gasteiger partial charge in [0, 0.05) is 5.33 Å². The van der Waals surface area contributed by atoms with E-state index in [-0.39, 0.29) is 18.2 Å². The van der Waals surface area contributed by atoms with E-state index in [1.165, 1.54) is 12.8 Å². The quantitative estimate of drug-likeness (QED) is 0.266. The molecular formula is C27H27BrN2O3. The minimum absolute atomic E-state index is 0.105. The van der Waals surface area contributed by atoms with Crippen molar-refractivity contribution in [3.05, 3.63) is 83.9 Å². The molecule has 0 aromatic heterocycles. The molecule has 1 aliphatic heterocycles. The highest BCUT2D eigenvalue weighted by molar-refractivity contribution is 9.09. The van der Waals surface area contributed by atoms with Gasteiger partial charge in [-0.05, 0) is 54.8 Å². The summed E-state index contributed by atoms with van der Waals surface area (Å²) in [6.07, 6.45) is 4.81. The van der Waals surface area contributed by atoms with E-state index in [2.05, 4.69) is 21.2 Å². The minimum atomic E-state index is -0.220. The number of halogens is 1. The van der Waals surface area contributed by atoms with Crippen molar-refractivity contribution in [2.75, 3.05) is 22.2 Å². The smallest absolute Gasteiger partial charge is 0.257 e. The van der Waals surface area contributed by atoms with Gasteiger partial charge in [0.25, 0.3) is 5.91 Å². The van der Waals surface area contributed by atoms with Crippen molar-refractivity contribution >= 4 is 44.8 Å². The zero-order valence-corrected chi connectivity index (χ0v) is 20.0. The highest BCUT2D eigenvalue weighted by atomic mass is 79.9. The zero-order valence-electron chi connectivity index (χ0n) is 18.4. The first-order valence-electron chi connectivity index (χ1n) is 11.3. The Morgan fingerprint density at radius 2 is 1.55 bits per heavy atom. The number of unbranched alkanes of at least 4 members (excludes halogenated alkanes) is 3. The van der Waals surface area contributed by atoms with Crippen molar-refractivity contribution in [3.8, 4) is 5.75 Å². The molecule has 0 saturated carbocycles. The maximum Gasteiger partial charge on any atom is 0.257 e. The van der Waals surface area contributed by atoms with Crippen molar-refractivity contribution < 1.29 is 14.3 Å². The van der Waals surface area contributed by atoms with Crippen LogP contribution < -0.4 is 15.0 Å². The second-order valence-corrected chi connectivity index (χ2v) is 8.78. The summed E-state index contributed by atoms with van der Waals surface area (Å²) in [5.41, 5.74) is 3.24. The molecule has 170 valence electrons. The summed E-state index contributed by atoms with van der Waals surface area (Å²) in [4.78, 5) is 27.9. The third-order valence-electron chi connectivity index (χ3n) is 5.61. The molecule has 0 fully saturated rings. The van der Waals surface area contributed by atoms with Crippen LogP contribution in [0, 0.1) is 0 Å². The van der Waals surface area contributed by atoms with Gasteiger partial charge in [0.05, 0.1) is 35.7 Å². The van der Waals surface area contributed by atoms with Crippen LogP contribution in [0.4, 0.5) is 17.1 Å². The fourth-order valence-electron chi connectivity index (χ4n) is 3.92. The van der Waals surface area contributed by atoms with E-state index in [0.717, 1.165) is 29.5 Å². The Morgan fingerprint density at radius 1 is 0.848 bits per heavy atom. The Kier molecular flexibility index (Phi) is 7.79. The first-order valence-corrected chi connectivity index (χ1v) is 12.4. The number of nitrogens with zero attached hydrogens (tertiary/aromatic N) is 1. The van der Waals surface area contributed by atoms with Gasteiger partial charge < -0.3 is 10.1 Å². The predicted octanol–water partition coefficient (Wildman–Crippen LogP) is 6.49. The lowest BCUT2D eigenvalue weighted by Crippen LogP contribution is -2.28. The van der Waals surface area contributed by atoms with Crippen LogP contribution in [0.5, 0.6) is 5.75 Å². The molecule has 0 saturated heterocycles. The third-order valence-corrected chi connectivity index (χ3v) is 6.17. The highest BCUT2D eigenvalue weighted by Gasteiger charge is 2.28. The number of rotatable bonds is 9. The summed E-state index contributed by atoms with van der Waals surface area (Å²) in [5, 5.41) is 3.97. The number of hydrogen-bond acceptors (Lipinski definition) is 3. The van der Waals surface area contributed by atoms with E-state index >= 15 is 0 Å². The Bertz CT molecular complexity index is 1110. The zero-order chi connectivity index (χ0) is 23.0. The number of anilines is 3. The van der Waals surface area contributed by atoms with Gasteiger partial charge in [-0.3, -0.25) is 14.5 Å². The number of carbonyl (C=O) groups is 2. The number of nitrogens with one attached hydrogen (secondary N) is 1. The number of ether oxygens (including phenoxy) is 1. The van der Waals surface area contributed by atoms with Crippen molar-refractivity contribution in [2.24, 2.45) is 0 Å². The van der Waals surface area contributed by atoms with Gasteiger partial charge in [-0.2, -0.15) is 0 Å². The molecule has 3 aromatic carbocycles. The molecular weight excluding hydrogens is 480 g/mol. The van der Waals surface area contributed by atoms with Crippen LogP contribution in [0.15, 0.2) is 72.8 Å². The van der Waals surface area contributed by atoms with Gasteiger partial charge in [0.1, 0.15) is 5.75 Å². The third kappa shape index (κ3) is 5.63. The normalized spacial score (nSPS) is 12.4. The second-order valence-electron chi connectivity index (χ2n) is 7.99. The number of amides is 2. The molecule has 0 bridgehead atoms. The number of para-hydroxylation sites is 3. The van der Waals surface area contributed by atoms with E-state index < -0.39 is 0 Å². The van der Waals surface area contributed by atoms with Crippen LogP contribution in [0.25, 0.3) is 0 Å². The molecule has 3 aromatic rings. The van der Waals surface area contributed by atoms with Crippen LogP contribution in [-0.4, -0.2) is 23.8 Å². The fourth-order valence-corrected chi connectivity index (χ4v) is 4.32. The molecule has 1 N–H and O–H groups in total. The minimum Gasteiger partial charge on any atom is -0.494 e. The van der Waals surface area contributed by atoms with Crippen LogP contribution >= 0.6 is 15.9 Å². The van der Waals surface area contributed by atoms with Crippen LogP contribution in [-0.2, 0) is 11.2 Å². The summed E-state index contributed by atoms with van der Waals surface area (Å²) in [7, 11) is 0. The maximum absolute atomic E-state index is 13.5. The largest absolute Gasteiger partial charge is 0.494 e. The van der Waals surface area contributed by atoms with Gasteiger partial charge in [0.2, 0.25) is 5.91 Å². The van der Waals surface area contributed by atoms with Crippen LogP contribution in [0.3, 0.4) is 0 Å². The predicted molar refractivity (Wildman–Crippen MR) is 136 cm³/mol. The van der Waals surface area contributed by atoms with E-state index in [4.69, 9.17) is 4.74 Å². The first kappa shape index (κ1) is 23.1. The van der Waals surface area contributed by atoms with E-state index in [0.29, 0.717) is 29.2 Å². The molecule has 1 heterocycles. The fraction of sp³-hybridized carbons (Fsp3) is 0.259.